The average Bonchev–Trinajstić information content (AvgIpc) is 2.74. The highest BCUT2D eigenvalue weighted by Crippen LogP contribution is 2.65. The van der Waals surface area contributed by atoms with Crippen molar-refractivity contribution in [1.29, 1.82) is 0 Å². The van der Waals surface area contributed by atoms with Crippen LogP contribution in [0, 0.1) is 28.6 Å². The fourth-order valence-corrected chi connectivity index (χ4v) is 6.73. The van der Waals surface area contributed by atoms with E-state index < -0.39 is 0 Å². The minimum Gasteiger partial charge on any atom is -0.393 e. The Labute approximate surface area is 123 Å². The number of aliphatic hydroxyl groups excluding tert-OH is 1. The van der Waals surface area contributed by atoms with Crippen molar-refractivity contribution in [2.75, 3.05) is 0 Å². The van der Waals surface area contributed by atoms with Crippen molar-refractivity contribution < 1.29 is 5.11 Å². The molecular weight excluding hydrogens is 244 g/mol. The zero-order chi connectivity index (χ0) is 14.0. The van der Waals surface area contributed by atoms with Gasteiger partial charge in [-0.05, 0) is 86.4 Å². The van der Waals surface area contributed by atoms with Crippen molar-refractivity contribution in [1.82, 2.24) is 0 Å². The van der Waals surface area contributed by atoms with E-state index in [0.29, 0.717) is 5.41 Å². The molecule has 20 heavy (non-hydrogen) atoms. The van der Waals surface area contributed by atoms with Crippen molar-refractivity contribution in [3.8, 4) is 0 Å². The molecule has 3 fully saturated rings. The third-order valence-electron chi connectivity index (χ3n) is 7.98. The van der Waals surface area contributed by atoms with Crippen LogP contribution < -0.4 is 0 Å². The number of rotatable bonds is 0. The van der Waals surface area contributed by atoms with Crippen LogP contribution in [0.1, 0.15) is 71.6 Å². The van der Waals surface area contributed by atoms with E-state index in [0.717, 1.165) is 24.2 Å². The minimum absolute atomic E-state index is 0.0236. The lowest BCUT2D eigenvalue weighted by molar-refractivity contribution is -0.0736. The van der Waals surface area contributed by atoms with Crippen molar-refractivity contribution in [3.05, 3.63) is 11.6 Å². The van der Waals surface area contributed by atoms with Gasteiger partial charge < -0.3 is 5.11 Å². The molecule has 4 aliphatic rings. The van der Waals surface area contributed by atoms with Crippen LogP contribution in [-0.4, -0.2) is 11.2 Å². The second-order valence-corrected chi connectivity index (χ2v) is 8.59. The molecule has 0 bridgehead atoms. The molecule has 0 aromatic carbocycles. The lowest BCUT2D eigenvalue weighted by Gasteiger charge is -2.57. The summed E-state index contributed by atoms with van der Waals surface area (Å²) < 4.78 is 0. The van der Waals surface area contributed by atoms with E-state index in [2.05, 4.69) is 19.9 Å². The Morgan fingerprint density at radius 3 is 2.75 bits per heavy atom. The van der Waals surface area contributed by atoms with Gasteiger partial charge in [0.2, 0.25) is 0 Å². The van der Waals surface area contributed by atoms with Gasteiger partial charge in [0.05, 0.1) is 6.10 Å². The molecule has 0 aromatic heterocycles. The molecule has 1 heteroatoms. The van der Waals surface area contributed by atoms with E-state index in [-0.39, 0.29) is 11.5 Å². The van der Waals surface area contributed by atoms with Crippen molar-refractivity contribution >= 4 is 0 Å². The van der Waals surface area contributed by atoms with Crippen LogP contribution in [0.5, 0.6) is 0 Å². The highest BCUT2D eigenvalue weighted by molar-refractivity contribution is 5.23. The Morgan fingerprint density at radius 1 is 1.05 bits per heavy atom. The molecule has 0 spiro atoms. The summed E-state index contributed by atoms with van der Waals surface area (Å²) >= 11 is 0. The first-order valence-corrected chi connectivity index (χ1v) is 8.93. The summed E-state index contributed by atoms with van der Waals surface area (Å²) in [7, 11) is 0. The minimum atomic E-state index is -0.0236. The smallest absolute Gasteiger partial charge is 0.0596 e. The molecule has 6 atom stereocenters. The van der Waals surface area contributed by atoms with Crippen LogP contribution >= 0.6 is 0 Å². The third-order valence-corrected chi connectivity index (χ3v) is 7.98. The predicted octanol–water partition coefficient (Wildman–Crippen LogP) is 4.70. The molecule has 1 N–H and O–H groups in total. The van der Waals surface area contributed by atoms with Gasteiger partial charge in [-0.3, -0.25) is 0 Å². The first-order valence-electron chi connectivity index (χ1n) is 8.93. The molecule has 0 saturated heterocycles. The fraction of sp³-hybridized carbons (Fsp3) is 0.895. The van der Waals surface area contributed by atoms with E-state index in [1.54, 1.807) is 5.57 Å². The Morgan fingerprint density at radius 2 is 1.90 bits per heavy atom. The second kappa shape index (κ2) is 4.35. The monoisotopic (exact) mass is 274 g/mol. The molecule has 0 aliphatic heterocycles. The van der Waals surface area contributed by atoms with E-state index >= 15 is 0 Å². The molecule has 0 amide bonds. The number of fused-ring (bicyclic) bond motifs is 5. The van der Waals surface area contributed by atoms with Crippen molar-refractivity contribution in [2.45, 2.75) is 77.7 Å². The summed E-state index contributed by atoms with van der Waals surface area (Å²) in [4.78, 5) is 0. The van der Waals surface area contributed by atoms with Crippen molar-refractivity contribution in [2.24, 2.45) is 28.6 Å². The Balaban J connectivity index is 1.68. The van der Waals surface area contributed by atoms with Crippen LogP contribution in [0.2, 0.25) is 0 Å². The van der Waals surface area contributed by atoms with Gasteiger partial charge in [-0.25, -0.2) is 0 Å². The predicted molar refractivity (Wildman–Crippen MR) is 82.3 cm³/mol. The van der Waals surface area contributed by atoms with Crippen LogP contribution in [0.4, 0.5) is 0 Å². The standard InChI is InChI=1S/C19H30O/c1-18-11-4-3-5-13(18)6-7-14-15-8-9-17(20)19(15,2)12-10-16(14)18/h5,14-17,20H,3-4,6-12H2,1-2H3/t14-,15-,16-,17-,18-,19-/m0/s1. The first kappa shape index (κ1) is 13.4. The van der Waals surface area contributed by atoms with Gasteiger partial charge >= 0.3 is 0 Å². The van der Waals surface area contributed by atoms with Gasteiger partial charge in [0.1, 0.15) is 0 Å². The molecule has 4 rings (SSSR count). The maximum Gasteiger partial charge on any atom is 0.0596 e. The zero-order valence-corrected chi connectivity index (χ0v) is 13.2. The molecule has 4 aliphatic carbocycles. The van der Waals surface area contributed by atoms with E-state index in [9.17, 15) is 5.11 Å². The van der Waals surface area contributed by atoms with Gasteiger partial charge in [0.25, 0.3) is 0 Å². The molecule has 0 unspecified atom stereocenters. The number of hydrogen-bond donors (Lipinski definition) is 1. The fourth-order valence-electron chi connectivity index (χ4n) is 6.73. The molecule has 1 nitrogen and oxygen atoms in total. The molecule has 0 aromatic rings. The largest absolute Gasteiger partial charge is 0.393 e. The lowest BCUT2D eigenvalue weighted by Crippen LogP contribution is -2.50. The lowest BCUT2D eigenvalue weighted by atomic mass is 9.47. The maximum atomic E-state index is 10.5. The summed E-state index contributed by atoms with van der Waals surface area (Å²) in [5.74, 6) is 2.61. The SMILES string of the molecule is C[C@]12CC[C@H]3[C@@H](CCC4=CCCC[C@@]43C)[C@@H]1CC[C@@H]2O. The van der Waals surface area contributed by atoms with E-state index in [4.69, 9.17) is 0 Å². The molecule has 3 saturated carbocycles. The summed E-state index contributed by atoms with van der Waals surface area (Å²) in [5.41, 5.74) is 2.55. The number of aliphatic hydroxyl groups is 1. The zero-order valence-electron chi connectivity index (χ0n) is 13.2. The quantitative estimate of drug-likeness (QED) is 0.635. The topological polar surface area (TPSA) is 20.2 Å². The van der Waals surface area contributed by atoms with Gasteiger partial charge in [-0.1, -0.05) is 25.5 Å². The van der Waals surface area contributed by atoms with E-state index in [1.807, 2.05) is 0 Å². The summed E-state index contributed by atoms with van der Waals surface area (Å²) in [6, 6.07) is 0. The third kappa shape index (κ3) is 1.59. The Bertz CT molecular complexity index is 439. The Kier molecular flexibility index (Phi) is 2.91. The summed E-state index contributed by atoms with van der Waals surface area (Å²) in [6.07, 6.45) is 14.4. The molecule has 112 valence electrons. The van der Waals surface area contributed by atoms with Crippen molar-refractivity contribution in [3.63, 3.8) is 0 Å². The van der Waals surface area contributed by atoms with E-state index in [1.165, 1.54) is 51.4 Å². The molecule has 0 radical (unpaired) electrons. The van der Waals surface area contributed by atoms with Gasteiger partial charge in [-0.15, -0.1) is 0 Å². The molecule has 0 heterocycles. The van der Waals surface area contributed by atoms with Crippen LogP contribution in [0.25, 0.3) is 0 Å². The van der Waals surface area contributed by atoms with Gasteiger partial charge in [0, 0.05) is 0 Å². The molecular formula is C19H30O. The number of hydrogen-bond acceptors (Lipinski definition) is 1. The second-order valence-electron chi connectivity index (χ2n) is 8.59. The van der Waals surface area contributed by atoms with Gasteiger partial charge in [0.15, 0.2) is 0 Å². The Hall–Kier alpha value is -0.300. The van der Waals surface area contributed by atoms with Crippen LogP contribution in [0.3, 0.4) is 0 Å². The highest BCUT2D eigenvalue weighted by atomic mass is 16.3. The maximum absolute atomic E-state index is 10.5. The highest BCUT2D eigenvalue weighted by Gasteiger charge is 2.58. The summed E-state index contributed by atoms with van der Waals surface area (Å²) in [6.45, 7) is 4.96. The van der Waals surface area contributed by atoms with Gasteiger partial charge in [-0.2, -0.15) is 0 Å². The summed E-state index contributed by atoms with van der Waals surface area (Å²) in [5, 5.41) is 10.5. The number of allylic oxidation sites excluding steroid dienone is 2. The van der Waals surface area contributed by atoms with Crippen LogP contribution in [0.15, 0.2) is 11.6 Å². The normalized spacial score (nSPS) is 54.6. The first-order chi connectivity index (χ1) is 9.56. The van der Waals surface area contributed by atoms with Crippen LogP contribution in [-0.2, 0) is 0 Å². The average molecular weight is 274 g/mol.